The molecule has 2 N–H and O–H groups in total. The molecule has 1 amide bonds. The summed E-state index contributed by atoms with van der Waals surface area (Å²) in [5.41, 5.74) is -0.280. The quantitative estimate of drug-likeness (QED) is 0.599. The Bertz CT molecular complexity index is 1330. The van der Waals surface area contributed by atoms with E-state index >= 15 is 0 Å². The monoisotopic (exact) mass is 467 g/mol. The second-order valence-electron chi connectivity index (χ2n) is 8.92. The van der Waals surface area contributed by atoms with E-state index in [2.05, 4.69) is 25.3 Å². The van der Waals surface area contributed by atoms with Gasteiger partial charge in [-0.05, 0) is 44.5 Å². The van der Waals surface area contributed by atoms with E-state index in [0.717, 1.165) is 25.7 Å². The van der Waals surface area contributed by atoms with Crippen LogP contribution in [-0.2, 0) is 18.6 Å². The largest absolute Gasteiger partial charge is 0.501 e. The molecule has 1 spiro atoms. The van der Waals surface area contributed by atoms with Crippen molar-refractivity contribution < 1.29 is 14.3 Å². The van der Waals surface area contributed by atoms with Crippen molar-refractivity contribution in [1.29, 1.82) is 0 Å². The number of aromatic hydroxyl groups is 1. The summed E-state index contributed by atoms with van der Waals surface area (Å²) in [5.74, 6) is -0.693. The van der Waals surface area contributed by atoms with E-state index in [1.807, 2.05) is 7.05 Å². The summed E-state index contributed by atoms with van der Waals surface area (Å²) in [6.07, 6.45) is 5.08. The lowest BCUT2D eigenvalue weighted by Gasteiger charge is -2.43. The minimum atomic E-state index is -0.676. The van der Waals surface area contributed by atoms with Gasteiger partial charge >= 0.3 is 0 Å². The molecule has 11 heteroatoms. The lowest BCUT2D eigenvalue weighted by molar-refractivity contribution is 0.0742. The van der Waals surface area contributed by atoms with Gasteiger partial charge in [0.05, 0.1) is 11.2 Å². The number of likely N-dealkylation sites (N-methyl/N-ethyl adjacent to an activating group) is 1. The Balaban J connectivity index is 1.47. The van der Waals surface area contributed by atoms with Gasteiger partial charge in [0.2, 0.25) is 5.75 Å². The second-order valence-corrected chi connectivity index (χ2v) is 8.92. The van der Waals surface area contributed by atoms with Crippen LogP contribution >= 0.6 is 0 Å². The molecule has 0 saturated heterocycles. The maximum absolute atomic E-state index is 13.9. The van der Waals surface area contributed by atoms with Crippen molar-refractivity contribution >= 4 is 5.91 Å². The van der Waals surface area contributed by atoms with E-state index in [9.17, 15) is 19.1 Å². The van der Waals surface area contributed by atoms with Gasteiger partial charge in [0.1, 0.15) is 23.8 Å². The van der Waals surface area contributed by atoms with E-state index in [4.69, 9.17) is 0 Å². The molecular formula is C23H26FN7O3. The molecule has 0 atom stereocenters. The normalized spacial score (nSPS) is 17.1. The molecule has 10 nitrogen and oxygen atoms in total. The van der Waals surface area contributed by atoms with Crippen LogP contribution < -0.4 is 10.9 Å². The topological polar surface area (TPSA) is 118 Å². The molecule has 1 aliphatic heterocycles. The molecule has 3 heterocycles. The van der Waals surface area contributed by atoms with Gasteiger partial charge in [0, 0.05) is 19.6 Å². The Morgan fingerprint density at radius 1 is 1.26 bits per heavy atom. The van der Waals surface area contributed by atoms with Gasteiger partial charge in [-0.25, -0.2) is 19.0 Å². The number of carbonyl (C=O) groups is 1. The summed E-state index contributed by atoms with van der Waals surface area (Å²) >= 11 is 0. The number of fused-ring (bicyclic) bond motifs is 2. The molecule has 0 radical (unpaired) electrons. The molecule has 1 saturated carbocycles. The summed E-state index contributed by atoms with van der Waals surface area (Å²) in [5, 5.41) is 17.4. The maximum atomic E-state index is 13.9. The number of carbonyl (C=O) groups excluding carboxylic acids is 1. The average Bonchev–Trinajstić information content (AvgIpc) is 3.48. The molecule has 2 aliphatic rings. The Kier molecular flexibility index (Phi) is 5.43. The predicted octanol–water partition coefficient (Wildman–Crippen LogP) is 1.62. The van der Waals surface area contributed by atoms with Crippen molar-refractivity contribution in [3.63, 3.8) is 0 Å². The van der Waals surface area contributed by atoms with Crippen LogP contribution in [0.3, 0.4) is 0 Å². The first kappa shape index (κ1) is 22.2. The number of halogens is 1. The fraction of sp³-hybridized carbons (Fsp3) is 0.435. The number of nitrogens with one attached hydrogen (secondary N) is 1. The third-order valence-electron chi connectivity index (χ3n) is 7.03. The van der Waals surface area contributed by atoms with Crippen molar-refractivity contribution in [1.82, 2.24) is 34.5 Å². The van der Waals surface area contributed by atoms with Gasteiger partial charge < -0.3 is 10.4 Å². The molecule has 1 aromatic carbocycles. The molecule has 5 rings (SSSR count). The highest BCUT2D eigenvalue weighted by atomic mass is 19.1. The summed E-state index contributed by atoms with van der Waals surface area (Å²) in [7, 11) is 2.01. The summed E-state index contributed by atoms with van der Waals surface area (Å²) < 4.78 is 16.9. The molecule has 3 aromatic rings. The molecule has 2 aromatic heterocycles. The van der Waals surface area contributed by atoms with Crippen LogP contribution in [0, 0.1) is 12.7 Å². The zero-order valence-electron chi connectivity index (χ0n) is 19.1. The van der Waals surface area contributed by atoms with E-state index in [1.54, 1.807) is 13.0 Å². The minimum absolute atomic E-state index is 0.0122. The predicted molar refractivity (Wildman–Crippen MR) is 120 cm³/mol. The zero-order chi connectivity index (χ0) is 24.0. The Morgan fingerprint density at radius 3 is 2.74 bits per heavy atom. The van der Waals surface area contributed by atoms with Crippen LogP contribution in [0.1, 0.15) is 53.4 Å². The van der Waals surface area contributed by atoms with Crippen molar-refractivity contribution in [3.05, 3.63) is 63.6 Å². The van der Waals surface area contributed by atoms with Crippen LogP contribution in [0.15, 0.2) is 29.3 Å². The van der Waals surface area contributed by atoms with E-state index in [-0.39, 0.29) is 12.2 Å². The van der Waals surface area contributed by atoms with Gasteiger partial charge in [0.25, 0.3) is 11.5 Å². The van der Waals surface area contributed by atoms with Crippen LogP contribution in [0.4, 0.5) is 4.39 Å². The molecule has 1 fully saturated rings. The van der Waals surface area contributed by atoms with Crippen LogP contribution in [0.2, 0.25) is 0 Å². The number of hydrogen-bond acceptors (Lipinski definition) is 7. The second kappa shape index (κ2) is 8.32. The molecule has 178 valence electrons. The fourth-order valence-corrected chi connectivity index (χ4v) is 5.14. The first-order chi connectivity index (χ1) is 16.3. The molecular weight excluding hydrogens is 441 g/mol. The first-order valence-electron chi connectivity index (χ1n) is 11.3. The highest BCUT2D eigenvalue weighted by Crippen LogP contribution is 2.44. The number of rotatable bonds is 4. The number of amides is 1. The van der Waals surface area contributed by atoms with Crippen LogP contribution in [0.25, 0.3) is 5.69 Å². The van der Waals surface area contributed by atoms with Gasteiger partial charge in [-0.2, -0.15) is 5.10 Å². The van der Waals surface area contributed by atoms with E-state index in [1.165, 1.54) is 27.7 Å². The number of aryl methyl sites for hydroxylation is 1. The van der Waals surface area contributed by atoms with Gasteiger partial charge in [0.15, 0.2) is 5.69 Å². The Morgan fingerprint density at radius 2 is 2.03 bits per heavy atom. The SMILES string of the molecule is Cc1ncnn1-c1cc(F)ccc1CNC(=O)c1nc2n(c(=O)c1O)CCN(C)C21CCCC1. The van der Waals surface area contributed by atoms with Gasteiger partial charge in [-0.15, -0.1) is 0 Å². The summed E-state index contributed by atoms with van der Waals surface area (Å²) in [6, 6.07) is 4.14. The number of aromatic nitrogens is 5. The van der Waals surface area contributed by atoms with E-state index < -0.39 is 28.6 Å². The molecule has 1 aliphatic carbocycles. The first-order valence-corrected chi connectivity index (χ1v) is 11.3. The lowest BCUT2D eigenvalue weighted by atomic mass is 9.92. The number of hydrogen-bond donors (Lipinski definition) is 2. The Hall–Kier alpha value is -3.60. The van der Waals surface area contributed by atoms with Crippen molar-refractivity contribution in [3.8, 4) is 11.4 Å². The smallest absolute Gasteiger partial charge is 0.296 e. The minimum Gasteiger partial charge on any atom is -0.501 e. The molecule has 0 unspecified atom stereocenters. The van der Waals surface area contributed by atoms with Gasteiger partial charge in [-0.1, -0.05) is 18.9 Å². The maximum Gasteiger partial charge on any atom is 0.296 e. The van der Waals surface area contributed by atoms with Crippen molar-refractivity contribution in [2.45, 2.75) is 51.2 Å². The third-order valence-corrected chi connectivity index (χ3v) is 7.03. The van der Waals surface area contributed by atoms with Crippen LogP contribution in [0.5, 0.6) is 5.75 Å². The summed E-state index contributed by atoms with van der Waals surface area (Å²) in [4.78, 5) is 36.9. The average molecular weight is 468 g/mol. The summed E-state index contributed by atoms with van der Waals surface area (Å²) in [6.45, 7) is 2.83. The van der Waals surface area contributed by atoms with Crippen LogP contribution in [-0.4, -0.2) is 53.8 Å². The highest BCUT2D eigenvalue weighted by molar-refractivity contribution is 5.94. The molecule has 0 bridgehead atoms. The van der Waals surface area contributed by atoms with E-state index in [0.29, 0.717) is 36.0 Å². The zero-order valence-corrected chi connectivity index (χ0v) is 19.1. The Labute approximate surface area is 195 Å². The standard InChI is InChI=1S/C23H26FN7O3/c1-14-26-13-27-31(14)17-11-16(24)6-5-15(17)12-25-20(33)18-19(32)21(34)30-10-9-29(2)23(22(30)28-18)7-3-4-8-23/h5-6,11,13,32H,3-4,7-10,12H2,1-2H3,(H,25,33). The van der Waals surface area contributed by atoms with Gasteiger partial charge in [-0.3, -0.25) is 19.1 Å². The fourth-order valence-electron chi connectivity index (χ4n) is 5.14. The number of nitrogens with zero attached hydrogens (tertiary/aromatic N) is 6. The highest BCUT2D eigenvalue weighted by Gasteiger charge is 2.46. The molecule has 34 heavy (non-hydrogen) atoms. The van der Waals surface area contributed by atoms with Crippen molar-refractivity contribution in [2.24, 2.45) is 0 Å². The van der Waals surface area contributed by atoms with Crippen molar-refractivity contribution in [2.75, 3.05) is 13.6 Å². The third kappa shape index (κ3) is 3.47. The number of benzene rings is 1. The lowest BCUT2D eigenvalue weighted by Crippen LogP contribution is -2.52.